The molecule has 0 saturated carbocycles. The molecule has 8 heteroatoms. The number of carbonyl (C=O) groups excluding carboxylic acids is 1. The number of rotatable bonds is 7. The summed E-state index contributed by atoms with van der Waals surface area (Å²) in [4.78, 5) is 32.5. The van der Waals surface area contributed by atoms with Gasteiger partial charge < -0.3 is 15.2 Å². The molecule has 0 bridgehead atoms. The van der Waals surface area contributed by atoms with E-state index in [1.165, 1.54) is 42.5 Å². The van der Waals surface area contributed by atoms with E-state index in [1.54, 1.807) is 18.2 Å². The Kier molecular flexibility index (Phi) is 5.83. The summed E-state index contributed by atoms with van der Waals surface area (Å²) >= 11 is 0. The number of hydrogen-bond acceptors (Lipinski definition) is 5. The van der Waals surface area contributed by atoms with Crippen LogP contribution >= 0.6 is 0 Å². The summed E-state index contributed by atoms with van der Waals surface area (Å²) in [6.45, 7) is -0.447. The monoisotopic (exact) mass is 342 g/mol. The minimum Gasteiger partial charge on any atom is -0.482 e. The van der Waals surface area contributed by atoms with E-state index < -0.39 is 23.4 Å². The number of carbonyl (C=O) groups is 2. The molecular formula is C17H14N2O6. The van der Waals surface area contributed by atoms with Crippen molar-refractivity contribution < 1.29 is 24.4 Å². The largest absolute Gasteiger partial charge is 0.482 e. The Morgan fingerprint density at radius 3 is 2.56 bits per heavy atom. The first-order valence-corrected chi connectivity index (χ1v) is 7.12. The fourth-order valence-corrected chi connectivity index (χ4v) is 1.88. The van der Waals surface area contributed by atoms with Crippen molar-refractivity contribution in [1.82, 2.24) is 0 Å². The van der Waals surface area contributed by atoms with Crippen LogP contribution in [0.3, 0.4) is 0 Å². The Morgan fingerprint density at radius 2 is 1.92 bits per heavy atom. The Hall–Kier alpha value is -3.68. The van der Waals surface area contributed by atoms with Crippen LogP contribution in [0.4, 0.5) is 11.4 Å². The first-order chi connectivity index (χ1) is 11.9. The molecule has 2 rings (SSSR count). The average Bonchev–Trinajstić information content (AvgIpc) is 2.59. The lowest BCUT2D eigenvalue weighted by Crippen LogP contribution is -2.10. The van der Waals surface area contributed by atoms with Crippen LogP contribution < -0.4 is 10.1 Å². The second kappa shape index (κ2) is 8.25. The maximum absolute atomic E-state index is 11.9. The molecule has 0 aliphatic carbocycles. The molecule has 0 aliphatic rings. The molecule has 2 aromatic rings. The first kappa shape index (κ1) is 17.7. The summed E-state index contributed by atoms with van der Waals surface area (Å²) < 4.78 is 4.98. The number of hydrogen-bond donors (Lipinski definition) is 2. The number of nitrogens with one attached hydrogen (secondary N) is 1. The van der Waals surface area contributed by atoms with Crippen molar-refractivity contribution in [3.05, 3.63) is 70.3 Å². The molecule has 0 aliphatic heterocycles. The second-order valence-corrected chi connectivity index (χ2v) is 4.88. The molecule has 0 unspecified atom stereocenters. The van der Waals surface area contributed by atoms with Crippen molar-refractivity contribution in [1.29, 1.82) is 0 Å². The number of ether oxygens (including phenoxy) is 1. The van der Waals surface area contributed by atoms with Gasteiger partial charge in [0.2, 0.25) is 5.91 Å². The topological polar surface area (TPSA) is 119 Å². The molecule has 2 aromatic carbocycles. The predicted molar refractivity (Wildman–Crippen MR) is 90.3 cm³/mol. The molecular weight excluding hydrogens is 328 g/mol. The molecule has 1 amide bonds. The van der Waals surface area contributed by atoms with Gasteiger partial charge in [0.05, 0.1) is 4.92 Å². The highest BCUT2D eigenvalue weighted by Crippen LogP contribution is 2.16. The summed E-state index contributed by atoms with van der Waals surface area (Å²) in [5, 5.41) is 21.8. The fourth-order valence-electron chi connectivity index (χ4n) is 1.88. The average molecular weight is 342 g/mol. The van der Waals surface area contributed by atoms with E-state index in [4.69, 9.17) is 9.84 Å². The number of non-ortho nitro benzene ring substituents is 1. The summed E-state index contributed by atoms with van der Waals surface area (Å²) in [5.41, 5.74) is 0.970. The number of carboxylic acid groups (broad SMARTS) is 1. The van der Waals surface area contributed by atoms with E-state index in [0.717, 1.165) is 0 Å². The van der Waals surface area contributed by atoms with Crippen LogP contribution in [-0.4, -0.2) is 28.5 Å². The van der Waals surface area contributed by atoms with Crippen molar-refractivity contribution in [2.24, 2.45) is 0 Å². The molecule has 128 valence electrons. The second-order valence-electron chi connectivity index (χ2n) is 4.88. The number of nitrogens with zero attached hydrogens (tertiary/aromatic N) is 1. The van der Waals surface area contributed by atoms with Crippen LogP contribution in [0.1, 0.15) is 5.56 Å². The quantitative estimate of drug-likeness (QED) is 0.454. The van der Waals surface area contributed by atoms with Gasteiger partial charge in [0.15, 0.2) is 6.61 Å². The molecule has 2 N–H and O–H groups in total. The molecule has 0 saturated heterocycles. The van der Waals surface area contributed by atoms with Gasteiger partial charge in [0.1, 0.15) is 5.75 Å². The molecule has 8 nitrogen and oxygen atoms in total. The van der Waals surface area contributed by atoms with Crippen LogP contribution in [0.15, 0.2) is 54.6 Å². The predicted octanol–water partition coefficient (Wildman–Crippen LogP) is 2.71. The zero-order chi connectivity index (χ0) is 18.2. The van der Waals surface area contributed by atoms with Gasteiger partial charge in [-0.25, -0.2) is 4.79 Å². The molecule has 0 atom stereocenters. The van der Waals surface area contributed by atoms with Crippen LogP contribution in [0, 0.1) is 10.1 Å². The molecule has 25 heavy (non-hydrogen) atoms. The SMILES string of the molecule is O=C(O)COc1ccc(NC(=O)/C=C/c2cccc([N+](=O)[O-])c2)cc1. The lowest BCUT2D eigenvalue weighted by atomic mass is 10.2. The third-order valence-electron chi connectivity index (χ3n) is 2.99. The number of carboxylic acids is 1. The van der Waals surface area contributed by atoms with Crippen molar-refractivity contribution in [2.75, 3.05) is 11.9 Å². The van der Waals surface area contributed by atoms with E-state index in [0.29, 0.717) is 17.0 Å². The molecule has 0 fully saturated rings. The van der Waals surface area contributed by atoms with Gasteiger partial charge in [-0.1, -0.05) is 12.1 Å². The molecule has 0 spiro atoms. The third-order valence-corrected chi connectivity index (χ3v) is 2.99. The van der Waals surface area contributed by atoms with Crippen molar-refractivity contribution >= 4 is 29.3 Å². The standard InChI is InChI=1S/C17H14N2O6/c20-16(9-4-12-2-1-3-14(10-12)19(23)24)18-13-5-7-15(8-6-13)25-11-17(21)22/h1-10H,11H2,(H,18,20)(H,21,22)/b9-4+. The first-order valence-electron chi connectivity index (χ1n) is 7.12. The van der Waals surface area contributed by atoms with Crippen LogP contribution in [0.25, 0.3) is 6.08 Å². The number of nitro groups is 1. The van der Waals surface area contributed by atoms with Crippen molar-refractivity contribution in [3.8, 4) is 5.75 Å². The maximum atomic E-state index is 11.9. The van der Waals surface area contributed by atoms with Gasteiger partial charge in [-0.3, -0.25) is 14.9 Å². The van der Waals surface area contributed by atoms with Crippen LogP contribution in [0.5, 0.6) is 5.75 Å². The third kappa shape index (κ3) is 5.79. The summed E-state index contributed by atoms with van der Waals surface area (Å²) in [7, 11) is 0. The lowest BCUT2D eigenvalue weighted by Gasteiger charge is -2.05. The Bertz CT molecular complexity index is 814. The van der Waals surface area contributed by atoms with E-state index in [-0.39, 0.29) is 5.69 Å². The highest BCUT2D eigenvalue weighted by molar-refractivity contribution is 6.01. The molecule has 0 aromatic heterocycles. The summed E-state index contributed by atoms with van der Waals surface area (Å²) in [6, 6.07) is 12.1. The van der Waals surface area contributed by atoms with Gasteiger partial charge in [-0.05, 0) is 35.9 Å². The number of anilines is 1. The van der Waals surface area contributed by atoms with Gasteiger partial charge >= 0.3 is 5.97 Å². The normalized spacial score (nSPS) is 10.4. The number of nitro benzene ring substituents is 1. The zero-order valence-corrected chi connectivity index (χ0v) is 12.9. The minimum atomic E-state index is -1.08. The maximum Gasteiger partial charge on any atom is 0.341 e. The Morgan fingerprint density at radius 1 is 1.20 bits per heavy atom. The Labute approximate surface area is 142 Å². The van der Waals surface area contributed by atoms with Gasteiger partial charge in [-0.15, -0.1) is 0 Å². The fraction of sp³-hybridized carbons (Fsp3) is 0.0588. The number of benzene rings is 2. The highest BCUT2D eigenvalue weighted by Gasteiger charge is 2.05. The number of aliphatic carboxylic acids is 1. The molecule has 0 radical (unpaired) electrons. The van der Waals surface area contributed by atoms with Crippen molar-refractivity contribution in [3.63, 3.8) is 0 Å². The summed E-state index contributed by atoms with van der Waals surface area (Å²) in [5.74, 6) is -1.12. The van der Waals surface area contributed by atoms with Gasteiger partial charge in [0.25, 0.3) is 5.69 Å². The van der Waals surface area contributed by atoms with Crippen molar-refractivity contribution in [2.45, 2.75) is 0 Å². The van der Waals surface area contributed by atoms with E-state index in [2.05, 4.69) is 5.32 Å². The van der Waals surface area contributed by atoms with Crippen LogP contribution in [0.2, 0.25) is 0 Å². The lowest BCUT2D eigenvalue weighted by molar-refractivity contribution is -0.384. The van der Waals surface area contributed by atoms with Crippen LogP contribution in [-0.2, 0) is 9.59 Å². The zero-order valence-electron chi connectivity index (χ0n) is 12.9. The minimum absolute atomic E-state index is 0.0560. The van der Waals surface area contributed by atoms with Gasteiger partial charge in [0, 0.05) is 23.9 Å². The molecule has 0 heterocycles. The Balaban J connectivity index is 1.94. The van der Waals surface area contributed by atoms with E-state index in [1.807, 2.05) is 0 Å². The van der Waals surface area contributed by atoms with E-state index in [9.17, 15) is 19.7 Å². The highest BCUT2D eigenvalue weighted by atomic mass is 16.6. The van der Waals surface area contributed by atoms with E-state index >= 15 is 0 Å². The summed E-state index contributed by atoms with van der Waals surface area (Å²) in [6.07, 6.45) is 2.72. The smallest absolute Gasteiger partial charge is 0.341 e. The van der Waals surface area contributed by atoms with Gasteiger partial charge in [-0.2, -0.15) is 0 Å². The number of amides is 1.